The Morgan fingerprint density at radius 2 is 2.15 bits per heavy atom. The van der Waals surface area contributed by atoms with Crippen molar-refractivity contribution in [1.82, 2.24) is 10.3 Å². The van der Waals surface area contributed by atoms with E-state index in [1.54, 1.807) is 41.8 Å². The molecule has 1 heterocycles. The number of thiazole rings is 1. The molecule has 0 saturated carbocycles. The minimum Gasteiger partial charge on any atom is -0.325 e. The normalized spacial score (nSPS) is 12.1. The zero-order valence-electron chi connectivity index (χ0n) is 11.1. The summed E-state index contributed by atoms with van der Waals surface area (Å²) in [6, 6.07) is 7.16. The molecule has 0 spiro atoms. The number of halogens is 1. The zero-order valence-corrected chi connectivity index (χ0v) is 12.7. The standard InChI is InChI=1S/C14H16ClN3OS/c1-2-12(14-16-7-8-20-14)17-9-13(19)18-11-5-3-10(15)4-6-11/h3-8,12,17H,2,9H2,1H3,(H,18,19). The summed E-state index contributed by atoms with van der Waals surface area (Å²) in [5.74, 6) is -0.0812. The summed E-state index contributed by atoms with van der Waals surface area (Å²) in [5.41, 5.74) is 0.739. The first-order chi connectivity index (χ1) is 9.69. The molecule has 2 rings (SSSR count). The molecule has 2 aromatic rings. The van der Waals surface area contributed by atoms with Crippen molar-refractivity contribution < 1.29 is 4.79 Å². The molecule has 0 aliphatic heterocycles. The fourth-order valence-corrected chi connectivity index (χ4v) is 2.69. The van der Waals surface area contributed by atoms with Crippen molar-refractivity contribution >= 4 is 34.5 Å². The van der Waals surface area contributed by atoms with Crippen molar-refractivity contribution in [2.45, 2.75) is 19.4 Å². The summed E-state index contributed by atoms with van der Waals surface area (Å²) < 4.78 is 0. The molecule has 0 fully saturated rings. The number of benzene rings is 1. The third kappa shape index (κ3) is 4.30. The van der Waals surface area contributed by atoms with Gasteiger partial charge in [-0.2, -0.15) is 0 Å². The molecule has 6 heteroatoms. The molecule has 2 N–H and O–H groups in total. The molecule has 0 saturated heterocycles. The Bertz CT molecular complexity index is 542. The van der Waals surface area contributed by atoms with E-state index in [0.717, 1.165) is 17.1 Å². The van der Waals surface area contributed by atoms with Crippen LogP contribution in [0.1, 0.15) is 24.4 Å². The van der Waals surface area contributed by atoms with E-state index in [1.807, 2.05) is 5.38 Å². The van der Waals surface area contributed by atoms with Crippen molar-refractivity contribution in [3.63, 3.8) is 0 Å². The highest BCUT2D eigenvalue weighted by Gasteiger charge is 2.12. The van der Waals surface area contributed by atoms with E-state index in [9.17, 15) is 4.79 Å². The molecule has 1 aromatic carbocycles. The van der Waals surface area contributed by atoms with Crippen molar-refractivity contribution in [3.05, 3.63) is 45.9 Å². The molecular formula is C14H16ClN3OS. The van der Waals surface area contributed by atoms with Crippen LogP contribution in [0.5, 0.6) is 0 Å². The molecule has 0 radical (unpaired) electrons. The van der Waals surface area contributed by atoms with Crippen LogP contribution in [0.4, 0.5) is 5.69 Å². The topological polar surface area (TPSA) is 54.0 Å². The number of anilines is 1. The Kier molecular flexibility index (Phi) is 5.52. The molecular weight excluding hydrogens is 294 g/mol. The van der Waals surface area contributed by atoms with Gasteiger partial charge in [-0.05, 0) is 30.7 Å². The summed E-state index contributed by atoms with van der Waals surface area (Å²) in [5, 5.41) is 9.62. The maximum absolute atomic E-state index is 11.9. The van der Waals surface area contributed by atoms with Crippen molar-refractivity contribution in [1.29, 1.82) is 0 Å². The quantitative estimate of drug-likeness (QED) is 0.859. The van der Waals surface area contributed by atoms with Gasteiger partial charge in [0.05, 0.1) is 12.6 Å². The van der Waals surface area contributed by atoms with Gasteiger partial charge in [0.1, 0.15) is 5.01 Å². The maximum atomic E-state index is 11.9. The van der Waals surface area contributed by atoms with Crippen LogP contribution in [-0.4, -0.2) is 17.4 Å². The zero-order chi connectivity index (χ0) is 14.4. The van der Waals surface area contributed by atoms with E-state index in [-0.39, 0.29) is 18.5 Å². The Hall–Kier alpha value is -1.43. The van der Waals surface area contributed by atoms with Crippen LogP contribution in [0, 0.1) is 0 Å². The number of nitrogens with one attached hydrogen (secondary N) is 2. The van der Waals surface area contributed by atoms with E-state index >= 15 is 0 Å². The number of carbonyl (C=O) groups excluding carboxylic acids is 1. The lowest BCUT2D eigenvalue weighted by molar-refractivity contribution is -0.115. The average Bonchev–Trinajstić information content (AvgIpc) is 2.96. The Balaban J connectivity index is 1.84. The predicted molar refractivity (Wildman–Crippen MR) is 83.2 cm³/mol. The van der Waals surface area contributed by atoms with Crippen LogP contribution in [0.2, 0.25) is 5.02 Å². The fraction of sp³-hybridized carbons (Fsp3) is 0.286. The second-order valence-corrected chi connectivity index (χ2v) is 5.63. The van der Waals surface area contributed by atoms with Gasteiger partial charge in [-0.15, -0.1) is 11.3 Å². The first-order valence-corrected chi connectivity index (χ1v) is 7.63. The van der Waals surface area contributed by atoms with Gasteiger partial charge >= 0.3 is 0 Å². The lowest BCUT2D eigenvalue weighted by Crippen LogP contribution is -2.31. The minimum atomic E-state index is -0.0812. The van der Waals surface area contributed by atoms with Crippen LogP contribution in [0.25, 0.3) is 0 Å². The third-order valence-corrected chi connectivity index (χ3v) is 3.94. The van der Waals surface area contributed by atoms with Crippen LogP contribution in [0.3, 0.4) is 0 Å². The molecule has 20 heavy (non-hydrogen) atoms. The summed E-state index contributed by atoms with van der Waals surface area (Å²) in [4.78, 5) is 16.1. The van der Waals surface area contributed by atoms with Crippen LogP contribution < -0.4 is 10.6 Å². The smallest absolute Gasteiger partial charge is 0.238 e. The highest BCUT2D eigenvalue weighted by Crippen LogP contribution is 2.18. The van der Waals surface area contributed by atoms with Gasteiger partial charge < -0.3 is 5.32 Å². The number of hydrogen-bond donors (Lipinski definition) is 2. The summed E-state index contributed by atoms with van der Waals surface area (Å²) in [7, 11) is 0. The van der Waals surface area contributed by atoms with Gasteiger partial charge in [0.25, 0.3) is 0 Å². The lowest BCUT2D eigenvalue weighted by Gasteiger charge is -2.14. The van der Waals surface area contributed by atoms with Crippen LogP contribution >= 0.6 is 22.9 Å². The fourth-order valence-electron chi connectivity index (χ4n) is 1.77. The Labute approximate surface area is 127 Å². The SMILES string of the molecule is CCC(NCC(=O)Nc1ccc(Cl)cc1)c1nccs1. The van der Waals surface area contributed by atoms with Gasteiger partial charge in [-0.3, -0.25) is 10.1 Å². The highest BCUT2D eigenvalue weighted by molar-refractivity contribution is 7.09. The Morgan fingerprint density at radius 1 is 1.40 bits per heavy atom. The number of hydrogen-bond acceptors (Lipinski definition) is 4. The minimum absolute atomic E-state index is 0.0812. The number of aromatic nitrogens is 1. The molecule has 0 aliphatic rings. The van der Waals surface area contributed by atoms with Gasteiger partial charge in [0.15, 0.2) is 0 Å². The first kappa shape index (κ1) is 15.0. The maximum Gasteiger partial charge on any atom is 0.238 e. The molecule has 0 aliphatic carbocycles. The number of rotatable bonds is 6. The van der Waals surface area contributed by atoms with Gasteiger partial charge in [-0.1, -0.05) is 18.5 Å². The second kappa shape index (κ2) is 7.38. The van der Waals surface area contributed by atoms with E-state index in [2.05, 4.69) is 22.5 Å². The van der Waals surface area contributed by atoms with Crippen molar-refractivity contribution in [2.75, 3.05) is 11.9 Å². The lowest BCUT2D eigenvalue weighted by atomic mass is 10.2. The van der Waals surface area contributed by atoms with E-state index in [1.165, 1.54) is 0 Å². The van der Waals surface area contributed by atoms with Crippen LogP contribution in [-0.2, 0) is 4.79 Å². The number of carbonyl (C=O) groups is 1. The molecule has 4 nitrogen and oxygen atoms in total. The third-order valence-electron chi connectivity index (χ3n) is 2.79. The average molecular weight is 310 g/mol. The molecule has 1 atom stereocenters. The molecule has 106 valence electrons. The molecule has 0 bridgehead atoms. The summed E-state index contributed by atoms with van der Waals surface area (Å²) >= 11 is 7.39. The van der Waals surface area contributed by atoms with Gasteiger partial charge in [0, 0.05) is 22.3 Å². The van der Waals surface area contributed by atoms with Crippen molar-refractivity contribution in [3.8, 4) is 0 Å². The largest absolute Gasteiger partial charge is 0.325 e. The molecule has 1 amide bonds. The van der Waals surface area contributed by atoms with E-state index in [0.29, 0.717) is 5.02 Å². The van der Waals surface area contributed by atoms with E-state index in [4.69, 9.17) is 11.6 Å². The number of nitrogens with zero attached hydrogens (tertiary/aromatic N) is 1. The second-order valence-electron chi connectivity index (χ2n) is 4.27. The highest BCUT2D eigenvalue weighted by atomic mass is 35.5. The Morgan fingerprint density at radius 3 is 2.75 bits per heavy atom. The predicted octanol–water partition coefficient (Wildman–Crippen LogP) is 3.48. The molecule has 1 aromatic heterocycles. The van der Waals surface area contributed by atoms with Gasteiger partial charge in [-0.25, -0.2) is 4.98 Å². The first-order valence-electron chi connectivity index (χ1n) is 6.37. The van der Waals surface area contributed by atoms with Gasteiger partial charge in [0.2, 0.25) is 5.91 Å². The van der Waals surface area contributed by atoms with E-state index < -0.39 is 0 Å². The number of amides is 1. The summed E-state index contributed by atoms with van der Waals surface area (Å²) in [6.45, 7) is 2.32. The van der Waals surface area contributed by atoms with Crippen molar-refractivity contribution in [2.24, 2.45) is 0 Å². The molecule has 1 unspecified atom stereocenters. The summed E-state index contributed by atoms with van der Waals surface area (Å²) in [6.07, 6.45) is 2.67. The monoisotopic (exact) mass is 309 g/mol. The van der Waals surface area contributed by atoms with Crippen LogP contribution in [0.15, 0.2) is 35.8 Å².